The summed E-state index contributed by atoms with van der Waals surface area (Å²) in [6.07, 6.45) is 0. The summed E-state index contributed by atoms with van der Waals surface area (Å²) in [7, 11) is 0. The average molecular weight is 263 g/mol. The van der Waals surface area contributed by atoms with Crippen molar-refractivity contribution in [3.05, 3.63) is 48.0 Å². The first-order chi connectivity index (χ1) is 7.29. The third-order valence-corrected chi connectivity index (χ3v) is 2.78. The fraction of sp³-hybridized carbons (Fsp3) is 0.0833. The van der Waals surface area contributed by atoms with E-state index >= 15 is 0 Å². The summed E-state index contributed by atoms with van der Waals surface area (Å²) < 4.78 is 0. The van der Waals surface area contributed by atoms with Crippen molar-refractivity contribution in [2.24, 2.45) is 0 Å². The average Bonchev–Trinajstić information content (AvgIpc) is 2.29. The minimum Gasteiger partial charge on any atom is -0.384 e. The van der Waals surface area contributed by atoms with E-state index in [2.05, 4.69) is 20.9 Å². The van der Waals surface area contributed by atoms with Crippen LogP contribution in [0, 0.1) is 0 Å². The maximum Gasteiger partial charge on any atom is 0.124 e. The smallest absolute Gasteiger partial charge is 0.124 e. The van der Waals surface area contributed by atoms with E-state index in [1.54, 1.807) is 0 Å². The number of nitrogens with zero attached hydrogens (tertiary/aromatic N) is 1. The van der Waals surface area contributed by atoms with Gasteiger partial charge in [-0.25, -0.2) is 4.98 Å². The molecule has 2 aromatic rings. The molecule has 0 aliphatic rings. The number of benzene rings is 1. The number of anilines is 1. The van der Waals surface area contributed by atoms with Crippen LogP contribution in [0.15, 0.2) is 42.5 Å². The standard InChI is InChI=1S/C12H11BrN2/c13-8-9-6-11(15-12(14)7-9)10-4-2-1-3-5-10/h1-7H,8H2,(H2,14,15). The van der Waals surface area contributed by atoms with Crippen molar-refractivity contribution in [3.8, 4) is 11.3 Å². The van der Waals surface area contributed by atoms with Gasteiger partial charge in [-0.15, -0.1) is 0 Å². The maximum absolute atomic E-state index is 5.74. The lowest BCUT2D eigenvalue weighted by Gasteiger charge is -2.04. The second-order valence-corrected chi connectivity index (χ2v) is 3.85. The van der Waals surface area contributed by atoms with Crippen LogP contribution in [0.25, 0.3) is 11.3 Å². The van der Waals surface area contributed by atoms with E-state index in [0.717, 1.165) is 22.2 Å². The highest BCUT2D eigenvalue weighted by atomic mass is 79.9. The molecule has 2 nitrogen and oxygen atoms in total. The van der Waals surface area contributed by atoms with Gasteiger partial charge in [0.2, 0.25) is 0 Å². The minimum absolute atomic E-state index is 0.561. The molecule has 0 aliphatic heterocycles. The van der Waals surface area contributed by atoms with Crippen molar-refractivity contribution in [1.29, 1.82) is 0 Å². The molecule has 0 aliphatic carbocycles. The fourth-order valence-corrected chi connectivity index (χ4v) is 1.77. The van der Waals surface area contributed by atoms with Crippen molar-refractivity contribution in [1.82, 2.24) is 4.98 Å². The minimum atomic E-state index is 0.561. The molecule has 0 unspecified atom stereocenters. The number of pyridine rings is 1. The second kappa shape index (κ2) is 4.45. The lowest BCUT2D eigenvalue weighted by molar-refractivity contribution is 1.29. The van der Waals surface area contributed by atoms with Gasteiger partial charge in [-0.05, 0) is 17.7 Å². The quantitative estimate of drug-likeness (QED) is 0.845. The van der Waals surface area contributed by atoms with E-state index in [4.69, 9.17) is 5.73 Å². The highest BCUT2D eigenvalue weighted by Gasteiger charge is 2.01. The number of aromatic nitrogens is 1. The van der Waals surface area contributed by atoms with Gasteiger partial charge in [-0.3, -0.25) is 0 Å². The molecule has 0 amide bonds. The molecular formula is C12H11BrN2. The molecule has 2 rings (SSSR count). The van der Waals surface area contributed by atoms with E-state index in [0.29, 0.717) is 5.82 Å². The molecule has 76 valence electrons. The molecule has 2 N–H and O–H groups in total. The number of halogens is 1. The first-order valence-electron chi connectivity index (χ1n) is 4.67. The Bertz CT molecular complexity index is 454. The van der Waals surface area contributed by atoms with Crippen LogP contribution in [0.1, 0.15) is 5.56 Å². The Balaban J connectivity index is 2.49. The van der Waals surface area contributed by atoms with Gasteiger partial charge < -0.3 is 5.73 Å². The first-order valence-corrected chi connectivity index (χ1v) is 5.79. The lowest BCUT2D eigenvalue weighted by Crippen LogP contribution is -1.94. The molecule has 0 saturated carbocycles. The Labute approximate surface area is 97.3 Å². The summed E-state index contributed by atoms with van der Waals surface area (Å²) in [5.41, 5.74) is 8.89. The zero-order valence-electron chi connectivity index (χ0n) is 8.15. The molecule has 0 radical (unpaired) electrons. The number of hydrogen-bond acceptors (Lipinski definition) is 2. The van der Waals surface area contributed by atoms with Crippen LogP contribution in [0.4, 0.5) is 5.82 Å². The van der Waals surface area contributed by atoms with Crippen molar-refractivity contribution in [2.45, 2.75) is 5.33 Å². The molecular weight excluding hydrogens is 252 g/mol. The topological polar surface area (TPSA) is 38.9 Å². The molecule has 15 heavy (non-hydrogen) atoms. The summed E-state index contributed by atoms with van der Waals surface area (Å²) in [5.74, 6) is 0.561. The second-order valence-electron chi connectivity index (χ2n) is 3.29. The third-order valence-electron chi connectivity index (χ3n) is 2.13. The zero-order chi connectivity index (χ0) is 10.7. The summed E-state index contributed by atoms with van der Waals surface area (Å²) in [6, 6.07) is 13.9. The van der Waals surface area contributed by atoms with Crippen molar-refractivity contribution in [3.63, 3.8) is 0 Å². The van der Waals surface area contributed by atoms with Gasteiger partial charge in [0.05, 0.1) is 5.69 Å². The van der Waals surface area contributed by atoms with E-state index < -0.39 is 0 Å². The molecule has 1 heterocycles. The predicted molar refractivity (Wildman–Crippen MR) is 66.7 cm³/mol. The van der Waals surface area contributed by atoms with E-state index in [1.165, 1.54) is 0 Å². The Morgan fingerprint density at radius 1 is 1.13 bits per heavy atom. The van der Waals surface area contributed by atoms with Gasteiger partial charge in [0.25, 0.3) is 0 Å². The van der Waals surface area contributed by atoms with Crippen molar-refractivity contribution in [2.75, 3.05) is 5.73 Å². The zero-order valence-corrected chi connectivity index (χ0v) is 9.74. The molecule has 3 heteroatoms. The fourth-order valence-electron chi connectivity index (χ4n) is 1.44. The Morgan fingerprint density at radius 2 is 1.87 bits per heavy atom. The van der Waals surface area contributed by atoms with Crippen molar-refractivity contribution >= 4 is 21.7 Å². The summed E-state index contributed by atoms with van der Waals surface area (Å²) >= 11 is 3.42. The van der Waals surface area contributed by atoms with Gasteiger partial charge in [0, 0.05) is 10.9 Å². The molecule has 0 saturated heterocycles. The third kappa shape index (κ3) is 2.36. The van der Waals surface area contributed by atoms with Crippen LogP contribution < -0.4 is 5.73 Å². The van der Waals surface area contributed by atoms with E-state index in [-0.39, 0.29) is 0 Å². The Hall–Kier alpha value is -1.35. The van der Waals surface area contributed by atoms with Crippen LogP contribution in [-0.4, -0.2) is 4.98 Å². The predicted octanol–water partition coefficient (Wildman–Crippen LogP) is 3.23. The van der Waals surface area contributed by atoms with Crippen LogP contribution >= 0.6 is 15.9 Å². The first kappa shape index (κ1) is 10.2. The molecule has 0 spiro atoms. The van der Waals surface area contributed by atoms with Crippen molar-refractivity contribution < 1.29 is 0 Å². The van der Waals surface area contributed by atoms with Crippen LogP contribution in [0.2, 0.25) is 0 Å². The van der Waals surface area contributed by atoms with Gasteiger partial charge in [0.1, 0.15) is 5.82 Å². The van der Waals surface area contributed by atoms with Crippen LogP contribution in [0.3, 0.4) is 0 Å². The van der Waals surface area contributed by atoms with Gasteiger partial charge in [0.15, 0.2) is 0 Å². The van der Waals surface area contributed by atoms with E-state index in [9.17, 15) is 0 Å². The monoisotopic (exact) mass is 262 g/mol. The molecule has 1 aromatic heterocycles. The van der Waals surface area contributed by atoms with Gasteiger partial charge in [-0.2, -0.15) is 0 Å². The SMILES string of the molecule is Nc1cc(CBr)cc(-c2ccccc2)n1. The highest BCUT2D eigenvalue weighted by Crippen LogP contribution is 2.20. The normalized spacial score (nSPS) is 10.2. The maximum atomic E-state index is 5.74. The lowest BCUT2D eigenvalue weighted by atomic mass is 10.1. The van der Waals surface area contributed by atoms with Gasteiger partial charge in [-0.1, -0.05) is 46.3 Å². The largest absolute Gasteiger partial charge is 0.384 e. The molecule has 0 bridgehead atoms. The van der Waals surface area contributed by atoms with E-state index in [1.807, 2.05) is 42.5 Å². The Morgan fingerprint density at radius 3 is 2.53 bits per heavy atom. The summed E-state index contributed by atoms with van der Waals surface area (Å²) in [6.45, 7) is 0. The number of nitrogen functional groups attached to an aromatic ring is 1. The number of alkyl halides is 1. The molecule has 0 fully saturated rings. The van der Waals surface area contributed by atoms with Crippen LogP contribution in [0.5, 0.6) is 0 Å². The number of nitrogens with two attached hydrogens (primary N) is 1. The highest BCUT2D eigenvalue weighted by molar-refractivity contribution is 9.08. The van der Waals surface area contributed by atoms with Crippen LogP contribution in [-0.2, 0) is 5.33 Å². The number of hydrogen-bond donors (Lipinski definition) is 1. The summed E-state index contributed by atoms with van der Waals surface area (Å²) in [4.78, 5) is 4.31. The Kier molecular flexibility index (Phi) is 3.02. The molecule has 1 aromatic carbocycles. The van der Waals surface area contributed by atoms with Gasteiger partial charge >= 0.3 is 0 Å². The number of rotatable bonds is 2. The summed E-state index contributed by atoms with van der Waals surface area (Å²) in [5, 5.41) is 0.791. The molecule has 0 atom stereocenters.